The summed E-state index contributed by atoms with van der Waals surface area (Å²) in [5.74, 6) is -0.0570. The minimum absolute atomic E-state index is 0.272. The lowest BCUT2D eigenvalue weighted by molar-refractivity contribution is 0.211. The summed E-state index contributed by atoms with van der Waals surface area (Å²) >= 11 is 0. The Labute approximate surface area is 107 Å². The highest BCUT2D eigenvalue weighted by molar-refractivity contribution is 5.32. The summed E-state index contributed by atoms with van der Waals surface area (Å²) in [4.78, 5) is 0. The molecule has 1 aromatic carbocycles. The van der Waals surface area contributed by atoms with Crippen LogP contribution in [-0.4, -0.2) is 18.3 Å². The van der Waals surface area contributed by atoms with Gasteiger partial charge in [0.2, 0.25) is 0 Å². The summed E-state index contributed by atoms with van der Waals surface area (Å²) in [5.41, 5.74) is 2.12. The third kappa shape index (κ3) is 3.33. The zero-order chi connectivity index (χ0) is 13.0. The number of hydrogen-bond donors (Lipinski definition) is 1. The van der Waals surface area contributed by atoms with Crippen LogP contribution in [0.5, 0.6) is 5.75 Å². The van der Waals surface area contributed by atoms with E-state index in [0.717, 1.165) is 31.2 Å². The van der Waals surface area contributed by atoms with Crippen LogP contribution in [0.15, 0.2) is 29.8 Å². The van der Waals surface area contributed by atoms with Crippen molar-refractivity contribution in [2.24, 2.45) is 0 Å². The van der Waals surface area contributed by atoms with Crippen LogP contribution in [0, 0.1) is 5.82 Å². The Bertz CT molecular complexity index is 440. The lowest BCUT2D eigenvalue weighted by Crippen LogP contribution is -2.01. The number of hydrogen-bond acceptors (Lipinski definition) is 2. The van der Waals surface area contributed by atoms with E-state index in [2.05, 4.69) is 0 Å². The van der Waals surface area contributed by atoms with Crippen LogP contribution >= 0.6 is 0 Å². The first-order chi connectivity index (χ1) is 8.69. The van der Waals surface area contributed by atoms with Crippen molar-refractivity contribution in [1.29, 1.82) is 0 Å². The number of halogens is 1. The van der Waals surface area contributed by atoms with Crippen LogP contribution in [0.2, 0.25) is 0 Å². The molecular formula is C15H19FO2. The van der Waals surface area contributed by atoms with E-state index < -0.39 is 0 Å². The number of aliphatic hydroxyl groups excluding tert-OH is 1. The molecule has 1 unspecified atom stereocenters. The van der Waals surface area contributed by atoms with Gasteiger partial charge in [-0.1, -0.05) is 24.1 Å². The fourth-order valence-electron chi connectivity index (χ4n) is 2.37. The smallest absolute Gasteiger partial charge is 0.165 e. The third-order valence-electron chi connectivity index (χ3n) is 3.32. The van der Waals surface area contributed by atoms with Gasteiger partial charge in [-0.05, 0) is 43.4 Å². The van der Waals surface area contributed by atoms with Gasteiger partial charge < -0.3 is 9.84 Å². The van der Waals surface area contributed by atoms with Gasteiger partial charge in [-0.25, -0.2) is 4.39 Å². The molecule has 1 N–H and O–H groups in total. The van der Waals surface area contributed by atoms with Crippen molar-refractivity contribution < 1.29 is 14.2 Å². The number of benzene rings is 1. The van der Waals surface area contributed by atoms with Crippen molar-refractivity contribution in [3.05, 3.63) is 41.2 Å². The second kappa shape index (κ2) is 6.01. The fraction of sp³-hybridized carbons (Fsp3) is 0.467. The molecule has 0 heterocycles. The molecule has 0 fully saturated rings. The highest BCUT2D eigenvalue weighted by Gasteiger charge is 2.11. The lowest BCUT2D eigenvalue weighted by Gasteiger charge is -2.08. The first-order valence-corrected chi connectivity index (χ1v) is 6.39. The summed E-state index contributed by atoms with van der Waals surface area (Å²) in [6, 6.07) is 5.04. The molecule has 0 spiro atoms. The maximum Gasteiger partial charge on any atom is 0.165 e. The highest BCUT2D eigenvalue weighted by atomic mass is 19.1. The standard InChI is InChI=1S/C15H19FO2/c1-18-15-7-6-12(10-14(15)16)8-11-4-2-3-5-13(17)9-11/h6-7,9-10,13,17H,2-5,8H2,1H3. The molecule has 18 heavy (non-hydrogen) atoms. The Morgan fingerprint density at radius 2 is 2.22 bits per heavy atom. The van der Waals surface area contributed by atoms with Gasteiger partial charge >= 0.3 is 0 Å². The van der Waals surface area contributed by atoms with Gasteiger partial charge in [-0.15, -0.1) is 0 Å². The summed E-state index contributed by atoms with van der Waals surface area (Å²) in [6.45, 7) is 0. The minimum Gasteiger partial charge on any atom is -0.494 e. The van der Waals surface area contributed by atoms with Gasteiger partial charge in [0.1, 0.15) is 0 Å². The molecule has 1 aliphatic rings. The van der Waals surface area contributed by atoms with Crippen molar-refractivity contribution in [2.45, 2.75) is 38.2 Å². The zero-order valence-electron chi connectivity index (χ0n) is 10.7. The molecule has 0 amide bonds. The predicted molar refractivity (Wildman–Crippen MR) is 69.2 cm³/mol. The molecule has 0 aliphatic heterocycles. The topological polar surface area (TPSA) is 29.5 Å². The second-order valence-corrected chi connectivity index (χ2v) is 4.78. The number of ether oxygens (including phenoxy) is 1. The van der Waals surface area contributed by atoms with Gasteiger partial charge in [-0.2, -0.15) is 0 Å². The zero-order valence-corrected chi connectivity index (χ0v) is 10.7. The van der Waals surface area contributed by atoms with Crippen LogP contribution in [0.1, 0.15) is 31.2 Å². The van der Waals surface area contributed by atoms with Crippen molar-refractivity contribution >= 4 is 0 Å². The minimum atomic E-state index is -0.342. The largest absolute Gasteiger partial charge is 0.494 e. The van der Waals surface area contributed by atoms with Crippen molar-refractivity contribution in [1.82, 2.24) is 0 Å². The molecule has 2 nitrogen and oxygen atoms in total. The van der Waals surface area contributed by atoms with Gasteiger partial charge in [0.25, 0.3) is 0 Å². The normalized spacial score (nSPS) is 20.2. The van der Waals surface area contributed by atoms with E-state index in [1.54, 1.807) is 6.07 Å². The van der Waals surface area contributed by atoms with E-state index in [1.165, 1.54) is 18.7 Å². The molecule has 3 heteroatoms. The van der Waals surface area contributed by atoms with Crippen molar-refractivity contribution in [3.8, 4) is 5.75 Å². The van der Waals surface area contributed by atoms with Gasteiger partial charge in [0, 0.05) is 0 Å². The van der Waals surface area contributed by atoms with E-state index in [4.69, 9.17) is 4.74 Å². The molecule has 1 aliphatic carbocycles. The third-order valence-corrected chi connectivity index (χ3v) is 3.32. The van der Waals surface area contributed by atoms with E-state index in [1.807, 2.05) is 12.1 Å². The van der Waals surface area contributed by atoms with E-state index in [-0.39, 0.29) is 17.7 Å². The molecular weight excluding hydrogens is 231 g/mol. The first kappa shape index (κ1) is 13.1. The quantitative estimate of drug-likeness (QED) is 0.834. The monoisotopic (exact) mass is 250 g/mol. The van der Waals surface area contributed by atoms with Crippen molar-refractivity contribution in [2.75, 3.05) is 7.11 Å². The SMILES string of the molecule is COc1ccc(CC2=CC(O)CCCC2)cc1F. The van der Waals surface area contributed by atoms with E-state index in [9.17, 15) is 9.50 Å². The molecule has 0 bridgehead atoms. The number of allylic oxidation sites excluding steroid dienone is 1. The Balaban J connectivity index is 2.11. The maximum absolute atomic E-state index is 13.6. The number of aliphatic hydroxyl groups is 1. The maximum atomic E-state index is 13.6. The van der Waals surface area contributed by atoms with Gasteiger partial charge in [0.05, 0.1) is 13.2 Å². The van der Waals surface area contributed by atoms with Gasteiger partial charge in [0.15, 0.2) is 11.6 Å². The summed E-state index contributed by atoms with van der Waals surface area (Å²) < 4.78 is 18.5. The van der Waals surface area contributed by atoms with Crippen LogP contribution in [0.4, 0.5) is 4.39 Å². The summed E-state index contributed by atoms with van der Waals surface area (Å²) in [7, 11) is 1.46. The average molecular weight is 250 g/mol. The van der Waals surface area contributed by atoms with Crippen LogP contribution < -0.4 is 4.74 Å². The average Bonchev–Trinajstić information content (AvgIpc) is 2.54. The molecule has 1 atom stereocenters. The van der Waals surface area contributed by atoms with Gasteiger partial charge in [-0.3, -0.25) is 0 Å². The Hall–Kier alpha value is -1.35. The number of methoxy groups -OCH3 is 1. The summed E-state index contributed by atoms with van der Waals surface area (Å²) in [6.07, 6.45) is 6.27. The Morgan fingerprint density at radius 3 is 2.94 bits per heavy atom. The predicted octanol–water partition coefficient (Wildman–Crippen LogP) is 3.24. The second-order valence-electron chi connectivity index (χ2n) is 4.78. The first-order valence-electron chi connectivity index (χ1n) is 6.39. The van der Waals surface area contributed by atoms with Crippen LogP contribution in [0.25, 0.3) is 0 Å². The Kier molecular flexibility index (Phi) is 4.37. The number of rotatable bonds is 3. The highest BCUT2D eigenvalue weighted by Crippen LogP contribution is 2.23. The molecule has 1 aromatic rings. The molecule has 98 valence electrons. The summed E-state index contributed by atoms with van der Waals surface area (Å²) in [5, 5.41) is 9.70. The molecule has 0 saturated carbocycles. The molecule has 0 aromatic heterocycles. The van der Waals surface area contributed by atoms with E-state index >= 15 is 0 Å². The van der Waals surface area contributed by atoms with E-state index in [0.29, 0.717) is 6.42 Å². The molecule has 2 rings (SSSR count). The Morgan fingerprint density at radius 1 is 1.39 bits per heavy atom. The van der Waals surface area contributed by atoms with Crippen molar-refractivity contribution in [3.63, 3.8) is 0 Å². The molecule has 0 radical (unpaired) electrons. The molecule has 0 saturated heterocycles. The fourth-order valence-corrected chi connectivity index (χ4v) is 2.37. The van der Waals surface area contributed by atoms with Crippen LogP contribution in [-0.2, 0) is 6.42 Å². The lowest BCUT2D eigenvalue weighted by atomic mass is 10.0. The van der Waals surface area contributed by atoms with Crippen LogP contribution in [0.3, 0.4) is 0 Å².